The Bertz CT molecular complexity index is 393. The molecular weight excluding hydrogens is 428 g/mol. The summed E-state index contributed by atoms with van der Waals surface area (Å²) < 4.78 is 7.03. The van der Waals surface area contributed by atoms with Crippen molar-refractivity contribution in [1.82, 2.24) is 9.80 Å². The Kier molecular flexibility index (Phi) is 21.8. The normalized spacial score (nSPS) is 14.4. The van der Waals surface area contributed by atoms with E-state index in [1.54, 1.807) is 0 Å². The number of rotatable bonds is 24. The van der Waals surface area contributed by atoms with Crippen LogP contribution < -0.4 is 0 Å². The van der Waals surface area contributed by atoms with Gasteiger partial charge >= 0.3 is 0 Å². The average molecular weight is 497 g/mol. The maximum atomic E-state index is 7.03. The summed E-state index contributed by atoms with van der Waals surface area (Å²) >= 11 is 0. The smallest absolute Gasteiger partial charge is 0.0591 e. The van der Waals surface area contributed by atoms with Crippen molar-refractivity contribution in [2.45, 2.75) is 196 Å². The predicted octanol–water partition coefficient (Wildman–Crippen LogP) is 9.48. The highest BCUT2D eigenvalue weighted by molar-refractivity contribution is 4.74. The molecule has 0 saturated heterocycles. The van der Waals surface area contributed by atoms with Gasteiger partial charge in [0.25, 0.3) is 0 Å². The minimum Gasteiger partial charge on any atom is -0.375 e. The molecule has 0 bridgehead atoms. The Morgan fingerprint density at radius 2 is 0.743 bits per heavy atom. The van der Waals surface area contributed by atoms with Crippen LogP contribution in [0.15, 0.2) is 0 Å². The van der Waals surface area contributed by atoms with Crippen LogP contribution in [0.1, 0.15) is 159 Å². The van der Waals surface area contributed by atoms with E-state index in [4.69, 9.17) is 4.74 Å². The maximum Gasteiger partial charge on any atom is 0.0591 e. The Hall–Kier alpha value is -0.120. The molecule has 2 unspecified atom stereocenters. The molecule has 0 aliphatic rings. The van der Waals surface area contributed by atoms with E-state index < -0.39 is 0 Å². The van der Waals surface area contributed by atoms with Crippen LogP contribution in [0.3, 0.4) is 0 Å². The van der Waals surface area contributed by atoms with Crippen molar-refractivity contribution in [3.63, 3.8) is 0 Å². The van der Waals surface area contributed by atoms with Gasteiger partial charge in [-0.15, -0.1) is 0 Å². The summed E-state index contributed by atoms with van der Waals surface area (Å²) in [6, 6.07) is 2.39. The van der Waals surface area contributed by atoms with Crippen molar-refractivity contribution in [1.29, 1.82) is 0 Å². The molecule has 0 fully saturated rings. The molecule has 0 spiro atoms. The summed E-state index contributed by atoms with van der Waals surface area (Å²) in [7, 11) is 0. The van der Waals surface area contributed by atoms with Gasteiger partial charge in [0.2, 0.25) is 0 Å². The van der Waals surface area contributed by atoms with Gasteiger partial charge in [-0.2, -0.15) is 0 Å². The van der Waals surface area contributed by atoms with Crippen LogP contribution >= 0.6 is 0 Å². The maximum absolute atomic E-state index is 7.03. The molecule has 0 amide bonds. The monoisotopic (exact) mass is 497 g/mol. The van der Waals surface area contributed by atoms with Crippen LogP contribution in [0.25, 0.3) is 0 Å². The quantitative estimate of drug-likeness (QED) is 0.124. The van der Waals surface area contributed by atoms with Gasteiger partial charge in [0.15, 0.2) is 0 Å². The van der Waals surface area contributed by atoms with E-state index in [-0.39, 0.29) is 0 Å². The number of nitrogens with zero attached hydrogens (tertiary/aromatic N) is 2. The molecule has 212 valence electrons. The molecule has 0 aromatic heterocycles. The topological polar surface area (TPSA) is 15.7 Å². The Labute approximate surface area is 223 Å². The molecule has 0 N–H and O–H groups in total. The minimum absolute atomic E-state index is 0.406. The molecule has 0 aromatic rings. The predicted molar refractivity (Wildman–Crippen MR) is 159 cm³/mol. The second-order valence-electron chi connectivity index (χ2n) is 12.2. The second kappa shape index (κ2) is 21.9. The van der Waals surface area contributed by atoms with Gasteiger partial charge < -0.3 is 4.74 Å². The minimum atomic E-state index is 0.406. The summed E-state index contributed by atoms with van der Waals surface area (Å²) in [6.07, 6.45) is 19.2. The third-order valence-corrected chi connectivity index (χ3v) is 7.72. The fourth-order valence-corrected chi connectivity index (χ4v) is 5.60. The largest absolute Gasteiger partial charge is 0.375 e. The van der Waals surface area contributed by atoms with Crippen molar-refractivity contribution in [3.8, 4) is 0 Å². The van der Waals surface area contributed by atoms with Gasteiger partial charge in [0.1, 0.15) is 0 Å². The molecule has 0 rings (SSSR count). The Morgan fingerprint density at radius 3 is 1.03 bits per heavy atom. The van der Waals surface area contributed by atoms with Gasteiger partial charge in [0.05, 0.1) is 12.2 Å². The molecule has 0 aliphatic heterocycles. The fraction of sp³-hybridized carbons (Fsp3) is 1.00. The van der Waals surface area contributed by atoms with Crippen LogP contribution in [0, 0.1) is 0 Å². The second-order valence-corrected chi connectivity index (χ2v) is 12.2. The number of hydrogen-bond acceptors (Lipinski definition) is 3. The van der Waals surface area contributed by atoms with E-state index in [0.717, 1.165) is 13.1 Å². The summed E-state index contributed by atoms with van der Waals surface area (Å²) in [5, 5.41) is 0. The van der Waals surface area contributed by atoms with E-state index in [0.29, 0.717) is 36.4 Å². The lowest BCUT2D eigenvalue weighted by molar-refractivity contribution is -0.0416. The molecule has 0 saturated carbocycles. The van der Waals surface area contributed by atoms with E-state index in [1.165, 1.54) is 89.9 Å². The van der Waals surface area contributed by atoms with Crippen LogP contribution in [0.4, 0.5) is 0 Å². The molecule has 0 aliphatic carbocycles. The summed E-state index contributed by atoms with van der Waals surface area (Å²) in [6.45, 7) is 25.6. The lowest BCUT2D eigenvalue weighted by Gasteiger charge is -2.34. The fourth-order valence-electron chi connectivity index (χ4n) is 5.60. The average Bonchev–Trinajstić information content (AvgIpc) is 2.77. The molecule has 0 heterocycles. The number of hydrogen-bond donors (Lipinski definition) is 0. The molecule has 0 radical (unpaired) electrons. The summed E-state index contributed by atoms with van der Waals surface area (Å²) in [4.78, 5) is 5.29. The molecular formula is C32H68N2O. The van der Waals surface area contributed by atoms with Crippen molar-refractivity contribution >= 4 is 0 Å². The van der Waals surface area contributed by atoms with Gasteiger partial charge in [-0.1, -0.05) is 78.1 Å². The third kappa shape index (κ3) is 17.9. The lowest BCUT2D eigenvalue weighted by Crippen LogP contribution is -2.40. The zero-order valence-electron chi connectivity index (χ0n) is 26.1. The van der Waals surface area contributed by atoms with Crippen LogP contribution in [-0.2, 0) is 4.74 Å². The molecule has 3 heteroatoms. The highest BCUT2D eigenvalue weighted by Gasteiger charge is 2.22. The van der Waals surface area contributed by atoms with Gasteiger partial charge in [0, 0.05) is 37.3 Å². The zero-order valence-corrected chi connectivity index (χ0v) is 26.1. The number of ether oxygens (including phenoxy) is 1. The van der Waals surface area contributed by atoms with Gasteiger partial charge in [-0.25, -0.2) is 0 Å². The first kappa shape index (κ1) is 34.9. The van der Waals surface area contributed by atoms with Crippen molar-refractivity contribution in [3.05, 3.63) is 0 Å². The standard InChI is InChI=1S/C32H68N2O/c1-11-13-15-17-19-21-31(23-25-33(27(3)4)28(5)6)35-32(22-20-18-16-14-12-2)24-26-34(29(7)8)30(9)10/h27-32H,11-26H2,1-10H3. The van der Waals surface area contributed by atoms with Crippen LogP contribution in [-0.4, -0.2) is 59.3 Å². The third-order valence-electron chi connectivity index (χ3n) is 7.72. The molecule has 0 aromatic carbocycles. The molecule has 2 atom stereocenters. The Morgan fingerprint density at radius 1 is 0.429 bits per heavy atom. The summed E-state index contributed by atoms with van der Waals surface area (Å²) in [5.41, 5.74) is 0. The molecule has 35 heavy (non-hydrogen) atoms. The SMILES string of the molecule is CCCCCCCC(CCN(C(C)C)C(C)C)OC(CCCCCCC)CCN(C(C)C)C(C)C. The van der Waals surface area contributed by atoms with Crippen LogP contribution in [0.5, 0.6) is 0 Å². The first-order valence-corrected chi connectivity index (χ1v) is 15.8. The van der Waals surface area contributed by atoms with Crippen LogP contribution in [0.2, 0.25) is 0 Å². The first-order chi connectivity index (χ1) is 16.6. The Balaban J connectivity index is 5.21. The van der Waals surface area contributed by atoms with Gasteiger partial charge in [-0.05, 0) is 81.1 Å². The van der Waals surface area contributed by atoms with Crippen molar-refractivity contribution < 1.29 is 4.74 Å². The van der Waals surface area contributed by atoms with Gasteiger partial charge in [-0.3, -0.25) is 9.80 Å². The lowest BCUT2D eigenvalue weighted by atomic mass is 10.0. The molecule has 3 nitrogen and oxygen atoms in total. The van der Waals surface area contributed by atoms with E-state index in [2.05, 4.69) is 79.0 Å². The van der Waals surface area contributed by atoms with E-state index in [1.807, 2.05) is 0 Å². The highest BCUT2D eigenvalue weighted by atomic mass is 16.5. The van der Waals surface area contributed by atoms with E-state index in [9.17, 15) is 0 Å². The zero-order chi connectivity index (χ0) is 26.6. The first-order valence-electron chi connectivity index (χ1n) is 15.8. The highest BCUT2D eigenvalue weighted by Crippen LogP contribution is 2.21. The van der Waals surface area contributed by atoms with Crippen molar-refractivity contribution in [2.24, 2.45) is 0 Å². The van der Waals surface area contributed by atoms with Crippen molar-refractivity contribution in [2.75, 3.05) is 13.1 Å². The number of unbranched alkanes of at least 4 members (excludes halogenated alkanes) is 8. The van der Waals surface area contributed by atoms with E-state index >= 15 is 0 Å². The summed E-state index contributed by atoms with van der Waals surface area (Å²) in [5.74, 6) is 0.